The average Bonchev–Trinajstić information content (AvgIpc) is 1.99. The highest BCUT2D eigenvalue weighted by Gasteiger charge is 1.34. The Morgan fingerprint density at radius 2 is 0.900 bits per heavy atom. The Hall–Kier alpha value is 0.400. The van der Waals surface area contributed by atoms with Gasteiger partial charge in [-0.05, 0) is 19.7 Å². The van der Waals surface area contributed by atoms with Crippen LogP contribution in [-0.2, 0) is 0 Å². The topological polar surface area (TPSA) is 40.5 Å². The molecule has 0 bridgehead atoms. The predicted octanol–water partition coefficient (Wildman–Crippen LogP) is 2.03. The normalized spacial score (nSPS) is 4.80. The lowest BCUT2D eigenvalue weighted by Gasteiger charge is -1.52. The molecule has 2 nitrogen and oxygen atoms in total. The molecule has 0 aromatic carbocycles. The lowest BCUT2D eigenvalue weighted by molar-refractivity contribution is 0.318. The van der Waals surface area contributed by atoms with Crippen molar-refractivity contribution < 1.29 is 10.2 Å². The molecule has 2 N–H and O–H groups in total. The van der Waals surface area contributed by atoms with E-state index in [9.17, 15) is 0 Å². The minimum atomic E-state index is 0.250. The van der Waals surface area contributed by atoms with E-state index < -0.39 is 0 Å². The molecule has 0 atom stereocenters. The first kappa shape index (κ1) is 22.4. The van der Waals surface area contributed by atoms with Gasteiger partial charge in [0, 0.05) is 13.2 Å². The second-order valence-electron chi connectivity index (χ2n) is 0.632. The van der Waals surface area contributed by atoms with Crippen LogP contribution in [0.15, 0.2) is 0 Å². The molecule has 0 radical (unpaired) electrons. The fourth-order valence-electron chi connectivity index (χ4n) is 0. The molecule has 0 spiro atoms. The van der Waals surface area contributed by atoms with Crippen molar-refractivity contribution in [3.63, 3.8) is 0 Å². The highest BCUT2D eigenvalue weighted by molar-refractivity contribution is 9.08. The summed E-state index contributed by atoms with van der Waals surface area (Å²) in [7, 11) is 0. The third-order valence-electron chi connectivity index (χ3n) is 0. The standard InChI is InChI=1S/2C2H6O.C2H6.CH3Br/c2*1-2-3;2*1-2/h2*3H,2H2,1H3;1-2H3;1H3. The Bertz CT molecular complexity index is 13.6. The van der Waals surface area contributed by atoms with Gasteiger partial charge in [-0.15, -0.1) is 0 Å². The minimum absolute atomic E-state index is 0.250. The molecule has 0 saturated heterocycles. The average molecular weight is 217 g/mol. The molecule has 0 unspecified atom stereocenters. The Morgan fingerprint density at radius 1 is 0.900 bits per heavy atom. The van der Waals surface area contributed by atoms with Gasteiger partial charge in [0.2, 0.25) is 0 Å². The van der Waals surface area contributed by atoms with Crippen molar-refractivity contribution in [3.05, 3.63) is 0 Å². The second-order valence-corrected chi connectivity index (χ2v) is 0.632. The van der Waals surface area contributed by atoms with E-state index in [-0.39, 0.29) is 13.2 Å². The van der Waals surface area contributed by atoms with Gasteiger partial charge in [-0.1, -0.05) is 29.8 Å². The summed E-state index contributed by atoms with van der Waals surface area (Å²) < 4.78 is 0. The number of aliphatic hydroxyl groups excluding tert-OH is 2. The molecular weight excluding hydrogens is 196 g/mol. The van der Waals surface area contributed by atoms with Crippen LogP contribution in [0.5, 0.6) is 0 Å². The Morgan fingerprint density at radius 3 is 0.900 bits per heavy atom. The van der Waals surface area contributed by atoms with Crippen LogP contribution in [0.3, 0.4) is 0 Å². The molecule has 0 amide bonds. The summed E-state index contributed by atoms with van der Waals surface area (Å²) >= 11 is 2.94. The first-order chi connectivity index (χ1) is 4.83. The van der Waals surface area contributed by atoms with Gasteiger partial charge in [0.1, 0.15) is 0 Å². The molecule has 0 heterocycles. The van der Waals surface area contributed by atoms with Crippen molar-refractivity contribution in [2.24, 2.45) is 0 Å². The van der Waals surface area contributed by atoms with Crippen molar-refractivity contribution in [1.82, 2.24) is 0 Å². The van der Waals surface area contributed by atoms with E-state index in [0.717, 1.165) is 0 Å². The van der Waals surface area contributed by atoms with Gasteiger partial charge in [-0.25, -0.2) is 0 Å². The summed E-state index contributed by atoms with van der Waals surface area (Å²) in [4.78, 5) is 0. The molecule has 10 heavy (non-hydrogen) atoms. The van der Waals surface area contributed by atoms with Gasteiger partial charge in [0.05, 0.1) is 0 Å². The molecule has 0 aliphatic rings. The second kappa shape index (κ2) is 115. The third kappa shape index (κ3) is 2870. The molecule has 0 rings (SSSR count). The van der Waals surface area contributed by atoms with Crippen LogP contribution in [0.2, 0.25) is 0 Å². The molecule has 3 heteroatoms. The van der Waals surface area contributed by atoms with Crippen LogP contribution < -0.4 is 0 Å². The summed E-state index contributed by atoms with van der Waals surface area (Å²) in [6.45, 7) is 7.86. The number of rotatable bonds is 0. The third-order valence-corrected chi connectivity index (χ3v) is 0. The Kier molecular flexibility index (Phi) is 258. The van der Waals surface area contributed by atoms with Crippen LogP contribution in [0.1, 0.15) is 27.7 Å². The van der Waals surface area contributed by atoms with E-state index >= 15 is 0 Å². The molecule has 0 aliphatic heterocycles. The highest BCUT2D eigenvalue weighted by Crippen LogP contribution is 1.45. The number of halogens is 1. The number of hydrogen-bond acceptors (Lipinski definition) is 2. The summed E-state index contributed by atoms with van der Waals surface area (Å²) in [5.74, 6) is 1.81. The van der Waals surface area contributed by atoms with E-state index in [1.807, 2.05) is 19.7 Å². The highest BCUT2D eigenvalue weighted by atomic mass is 79.9. The maximum atomic E-state index is 7.57. The van der Waals surface area contributed by atoms with E-state index in [1.54, 1.807) is 13.8 Å². The largest absolute Gasteiger partial charge is 0.397 e. The number of aliphatic hydroxyl groups is 2. The SMILES string of the molecule is CBr.CC.CCO.CCO. The Balaban J connectivity index is -0.0000000246. The van der Waals surface area contributed by atoms with Gasteiger partial charge in [0.15, 0.2) is 0 Å². The first-order valence-corrected chi connectivity index (χ1v) is 5.01. The van der Waals surface area contributed by atoms with Gasteiger partial charge in [-0.3, -0.25) is 0 Å². The van der Waals surface area contributed by atoms with Crippen molar-refractivity contribution in [2.75, 3.05) is 19.0 Å². The van der Waals surface area contributed by atoms with Crippen LogP contribution in [0, 0.1) is 0 Å². The molecule has 68 valence electrons. The van der Waals surface area contributed by atoms with Crippen LogP contribution in [-0.4, -0.2) is 29.3 Å². The van der Waals surface area contributed by atoms with Crippen molar-refractivity contribution in [3.8, 4) is 0 Å². The first-order valence-electron chi connectivity index (χ1n) is 3.42. The van der Waals surface area contributed by atoms with Gasteiger partial charge < -0.3 is 10.2 Å². The number of hydrogen-bond donors (Lipinski definition) is 2. The predicted molar refractivity (Wildman–Crippen MR) is 51.7 cm³/mol. The Labute approximate surface area is 73.4 Å². The zero-order valence-corrected chi connectivity index (χ0v) is 9.27. The van der Waals surface area contributed by atoms with Crippen LogP contribution in [0.4, 0.5) is 0 Å². The summed E-state index contributed by atoms with van der Waals surface area (Å²) in [6, 6.07) is 0. The van der Waals surface area contributed by atoms with Crippen molar-refractivity contribution >= 4 is 15.9 Å². The molecule has 0 aliphatic carbocycles. The monoisotopic (exact) mass is 216 g/mol. The lowest BCUT2D eigenvalue weighted by Crippen LogP contribution is -1.57. The van der Waals surface area contributed by atoms with E-state index in [4.69, 9.17) is 10.2 Å². The van der Waals surface area contributed by atoms with Crippen LogP contribution in [0.25, 0.3) is 0 Å². The summed E-state index contributed by atoms with van der Waals surface area (Å²) in [5, 5.41) is 15.1. The lowest BCUT2D eigenvalue weighted by atomic mass is 10.9. The van der Waals surface area contributed by atoms with E-state index in [1.165, 1.54) is 0 Å². The fraction of sp³-hybridized carbons (Fsp3) is 1.00. The number of alkyl halides is 1. The summed E-state index contributed by atoms with van der Waals surface area (Å²) in [5.41, 5.74) is 0. The smallest absolute Gasteiger partial charge is 0.0402 e. The van der Waals surface area contributed by atoms with Crippen LogP contribution >= 0.6 is 15.9 Å². The molecule has 0 aromatic heterocycles. The van der Waals surface area contributed by atoms with Crippen molar-refractivity contribution in [2.45, 2.75) is 27.7 Å². The van der Waals surface area contributed by atoms with E-state index in [0.29, 0.717) is 0 Å². The summed E-state index contributed by atoms with van der Waals surface area (Å²) in [6.07, 6.45) is 0. The maximum absolute atomic E-state index is 7.57. The van der Waals surface area contributed by atoms with Gasteiger partial charge in [-0.2, -0.15) is 0 Å². The quantitative estimate of drug-likeness (QED) is 0.609. The van der Waals surface area contributed by atoms with E-state index in [2.05, 4.69) is 15.9 Å². The molecule has 0 saturated carbocycles. The zero-order chi connectivity index (χ0) is 9.41. The molecular formula is C7H21BrO2. The molecule has 0 aromatic rings. The van der Waals surface area contributed by atoms with Gasteiger partial charge >= 0.3 is 0 Å². The van der Waals surface area contributed by atoms with Crippen molar-refractivity contribution in [1.29, 1.82) is 0 Å². The van der Waals surface area contributed by atoms with Gasteiger partial charge in [0.25, 0.3) is 0 Å². The zero-order valence-electron chi connectivity index (χ0n) is 7.69. The maximum Gasteiger partial charge on any atom is 0.0402 e. The minimum Gasteiger partial charge on any atom is -0.397 e. The fourth-order valence-corrected chi connectivity index (χ4v) is 0. The molecule has 0 fully saturated rings.